The van der Waals surface area contributed by atoms with Crippen LogP contribution in [0.4, 0.5) is 0 Å². The number of fused-ring (bicyclic) bond motifs is 1. The molecule has 1 N–H and O–H groups in total. The summed E-state index contributed by atoms with van der Waals surface area (Å²) in [6, 6.07) is 5.90. The standard InChI is InChI=1S/C23H34O4/c1-3-4-5-6-7-8-9-15-23(2)16-14-19-18-20(12-13-21(19)27-23)26-17-10-11-22(24)25/h9,12-13,15,18H,3-8,10-11,14,16-17H2,1-2H3,(H,24,25). The van der Waals surface area contributed by atoms with E-state index in [9.17, 15) is 4.79 Å². The zero-order valence-corrected chi connectivity index (χ0v) is 16.8. The first-order valence-corrected chi connectivity index (χ1v) is 10.4. The number of carbonyl (C=O) groups is 1. The third-order valence-electron chi connectivity index (χ3n) is 5.01. The highest BCUT2D eigenvalue weighted by Crippen LogP contribution is 2.36. The molecule has 1 aromatic carbocycles. The van der Waals surface area contributed by atoms with Crippen LogP contribution >= 0.6 is 0 Å². The van der Waals surface area contributed by atoms with Crippen LogP contribution in [0.5, 0.6) is 11.5 Å². The molecule has 150 valence electrons. The van der Waals surface area contributed by atoms with Crippen molar-refractivity contribution in [1.82, 2.24) is 0 Å². The van der Waals surface area contributed by atoms with E-state index in [1.807, 2.05) is 18.2 Å². The number of ether oxygens (including phenoxy) is 2. The van der Waals surface area contributed by atoms with Crippen molar-refractivity contribution in [1.29, 1.82) is 0 Å². The molecule has 0 spiro atoms. The van der Waals surface area contributed by atoms with E-state index >= 15 is 0 Å². The molecule has 1 heterocycles. The molecule has 1 unspecified atom stereocenters. The summed E-state index contributed by atoms with van der Waals surface area (Å²) in [5.74, 6) is 0.925. The minimum absolute atomic E-state index is 0.136. The first-order chi connectivity index (χ1) is 13.0. The van der Waals surface area contributed by atoms with Gasteiger partial charge in [0.15, 0.2) is 0 Å². The predicted molar refractivity (Wildman–Crippen MR) is 109 cm³/mol. The summed E-state index contributed by atoms with van der Waals surface area (Å²) in [5, 5.41) is 8.67. The molecule has 4 nitrogen and oxygen atoms in total. The zero-order valence-electron chi connectivity index (χ0n) is 16.8. The van der Waals surface area contributed by atoms with E-state index in [-0.39, 0.29) is 12.0 Å². The molecule has 0 aromatic heterocycles. The summed E-state index contributed by atoms with van der Waals surface area (Å²) in [6.45, 7) is 4.82. The average molecular weight is 375 g/mol. The van der Waals surface area contributed by atoms with Gasteiger partial charge in [0.25, 0.3) is 0 Å². The number of carboxylic acid groups (broad SMARTS) is 1. The fraction of sp³-hybridized carbons (Fsp3) is 0.609. The number of hydrogen-bond acceptors (Lipinski definition) is 3. The molecule has 4 heteroatoms. The number of unbranched alkanes of at least 4 members (excludes halogenated alkanes) is 5. The Labute approximate surface area is 163 Å². The average Bonchev–Trinajstić information content (AvgIpc) is 2.64. The quantitative estimate of drug-likeness (QED) is 0.364. The molecular formula is C23H34O4. The van der Waals surface area contributed by atoms with E-state index in [0.717, 1.165) is 36.3 Å². The lowest BCUT2D eigenvalue weighted by molar-refractivity contribution is -0.137. The van der Waals surface area contributed by atoms with Crippen molar-refractivity contribution in [3.8, 4) is 11.5 Å². The van der Waals surface area contributed by atoms with Gasteiger partial charge < -0.3 is 14.6 Å². The predicted octanol–water partition coefficient (Wildman–Crippen LogP) is 5.93. The van der Waals surface area contributed by atoms with E-state index in [2.05, 4.69) is 26.0 Å². The van der Waals surface area contributed by atoms with Crippen molar-refractivity contribution in [2.24, 2.45) is 0 Å². The highest BCUT2D eigenvalue weighted by molar-refractivity contribution is 5.66. The smallest absolute Gasteiger partial charge is 0.303 e. The fourth-order valence-electron chi connectivity index (χ4n) is 3.35. The normalized spacial score (nSPS) is 18.9. The Bertz CT molecular complexity index is 623. The summed E-state index contributed by atoms with van der Waals surface area (Å²) in [5.41, 5.74) is 0.927. The van der Waals surface area contributed by atoms with Crippen molar-refractivity contribution in [2.75, 3.05) is 6.61 Å². The number of hydrogen-bond donors (Lipinski definition) is 1. The van der Waals surface area contributed by atoms with Gasteiger partial charge in [0, 0.05) is 6.42 Å². The van der Waals surface area contributed by atoms with Gasteiger partial charge in [0.1, 0.15) is 17.1 Å². The minimum atomic E-state index is -0.786. The first kappa shape index (κ1) is 21.3. The Kier molecular flexibility index (Phi) is 8.70. The Morgan fingerprint density at radius 1 is 1.26 bits per heavy atom. The zero-order chi connectivity index (χ0) is 19.5. The molecule has 0 bridgehead atoms. The van der Waals surface area contributed by atoms with Crippen molar-refractivity contribution in [3.05, 3.63) is 35.9 Å². The molecule has 1 aromatic rings. The minimum Gasteiger partial charge on any atom is -0.494 e. The van der Waals surface area contributed by atoms with E-state index in [4.69, 9.17) is 14.6 Å². The van der Waals surface area contributed by atoms with Gasteiger partial charge >= 0.3 is 5.97 Å². The van der Waals surface area contributed by atoms with Gasteiger partial charge in [-0.05, 0) is 68.9 Å². The molecule has 27 heavy (non-hydrogen) atoms. The number of aryl methyl sites for hydroxylation is 1. The highest BCUT2D eigenvalue weighted by atomic mass is 16.5. The molecule has 0 radical (unpaired) electrons. The number of rotatable bonds is 12. The monoisotopic (exact) mass is 374 g/mol. The lowest BCUT2D eigenvalue weighted by Crippen LogP contribution is -2.34. The van der Waals surface area contributed by atoms with E-state index < -0.39 is 5.97 Å². The third-order valence-corrected chi connectivity index (χ3v) is 5.01. The van der Waals surface area contributed by atoms with E-state index in [1.165, 1.54) is 32.1 Å². The van der Waals surface area contributed by atoms with Crippen molar-refractivity contribution >= 4 is 5.97 Å². The molecule has 0 amide bonds. The Morgan fingerprint density at radius 3 is 2.85 bits per heavy atom. The maximum Gasteiger partial charge on any atom is 0.303 e. The number of aliphatic carboxylic acids is 1. The number of allylic oxidation sites excluding steroid dienone is 1. The van der Waals surface area contributed by atoms with E-state index in [0.29, 0.717) is 13.0 Å². The summed E-state index contributed by atoms with van der Waals surface area (Å²) in [6.07, 6.45) is 14.7. The maximum atomic E-state index is 10.5. The van der Waals surface area contributed by atoms with Crippen LogP contribution in [0.25, 0.3) is 0 Å². The second-order valence-corrected chi connectivity index (χ2v) is 7.64. The second-order valence-electron chi connectivity index (χ2n) is 7.64. The maximum absolute atomic E-state index is 10.5. The largest absolute Gasteiger partial charge is 0.494 e. The van der Waals surface area contributed by atoms with Gasteiger partial charge in [0.2, 0.25) is 0 Å². The lowest BCUT2D eigenvalue weighted by Gasteiger charge is -2.33. The van der Waals surface area contributed by atoms with Crippen LogP contribution in [0.2, 0.25) is 0 Å². The molecule has 0 saturated carbocycles. The van der Waals surface area contributed by atoms with Crippen LogP contribution in [-0.4, -0.2) is 23.3 Å². The Morgan fingerprint density at radius 2 is 2.07 bits per heavy atom. The van der Waals surface area contributed by atoms with Crippen LogP contribution in [0.3, 0.4) is 0 Å². The third kappa shape index (κ3) is 7.66. The topological polar surface area (TPSA) is 55.8 Å². The summed E-state index contributed by atoms with van der Waals surface area (Å²) in [4.78, 5) is 10.5. The van der Waals surface area contributed by atoms with Crippen LogP contribution in [0.15, 0.2) is 30.4 Å². The molecular weight excluding hydrogens is 340 g/mol. The van der Waals surface area contributed by atoms with Gasteiger partial charge in [-0.1, -0.05) is 38.7 Å². The molecule has 1 atom stereocenters. The van der Waals surface area contributed by atoms with Gasteiger partial charge in [-0.15, -0.1) is 0 Å². The van der Waals surface area contributed by atoms with Gasteiger partial charge in [-0.25, -0.2) is 0 Å². The van der Waals surface area contributed by atoms with Crippen molar-refractivity contribution in [2.45, 2.75) is 83.7 Å². The SMILES string of the molecule is CCCCCCCC=CC1(C)CCc2cc(OCCCC(=O)O)ccc2O1. The van der Waals surface area contributed by atoms with Crippen LogP contribution < -0.4 is 9.47 Å². The second kappa shape index (κ2) is 11.0. The molecule has 0 saturated heterocycles. The summed E-state index contributed by atoms with van der Waals surface area (Å²) < 4.78 is 11.9. The van der Waals surface area contributed by atoms with E-state index in [1.54, 1.807) is 0 Å². The van der Waals surface area contributed by atoms with Gasteiger partial charge in [-0.2, -0.15) is 0 Å². The molecule has 1 aliphatic heterocycles. The molecule has 0 aliphatic carbocycles. The van der Waals surface area contributed by atoms with Crippen molar-refractivity contribution in [3.63, 3.8) is 0 Å². The van der Waals surface area contributed by atoms with Crippen molar-refractivity contribution < 1.29 is 19.4 Å². The van der Waals surface area contributed by atoms with Gasteiger partial charge in [0.05, 0.1) is 6.61 Å². The first-order valence-electron chi connectivity index (χ1n) is 10.4. The number of carboxylic acids is 1. The fourth-order valence-corrected chi connectivity index (χ4v) is 3.35. The summed E-state index contributed by atoms with van der Waals surface area (Å²) in [7, 11) is 0. The lowest BCUT2D eigenvalue weighted by atomic mass is 9.91. The Hall–Kier alpha value is -1.97. The molecule has 0 fully saturated rings. The molecule has 1 aliphatic rings. The highest BCUT2D eigenvalue weighted by Gasteiger charge is 2.29. The van der Waals surface area contributed by atoms with Crippen LogP contribution in [-0.2, 0) is 11.2 Å². The molecule has 2 rings (SSSR count). The summed E-state index contributed by atoms with van der Waals surface area (Å²) >= 11 is 0. The Balaban J connectivity index is 1.80. The number of benzene rings is 1. The van der Waals surface area contributed by atoms with Crippen LogP contribution in [0.1, 0.15) is 77.2 Å². The van der Waals surface area contributed by atoms with Crippen LogP contribution in [0, 0.1) is 0 Å². The van der Waals surface area contributed by atoms with Gasteiger partial charge in [-0.3, -0.25) is 4.79 Å².